The molecule has 0 saturated carbocycles. The number of hydrogen-bond acceptors (Lipinski definition) is 3. The lowest BCUT2D eigenvalue weighted by molar-refractivity contribution is -0.690. The van der Waals surface area contributed by atoms with E-state index < -0.39 is 0 Å². The quantitative estimate of drug-likeness (QED) is 0.470. The molecule has 1 aromatic heterocycles. The number of carbonyl (C=O) groups is 1. The van der Waals surface area contributed by atoms with Gasteiger partial charge in [0.15, 0.2) is 23.7 Å². The monoisotopic (exact) mass is 391 g/mol. The molecule has 0 spiro atoms. The third-order valence-electron chi connectivity index (χ3n) is 5.58. The molecule has 2 aromatic carbocycles. The van der Waals surface area contributed by atoms with Gasteiger partial charge in [0, 0.05) is 17.5 Å². The van der Waals surface area contributed by atoms with Crippen LogP contribution < -0.4 is 14.0 Å². The van der Waals surface area contributed by atoms with Gasteiger partial charge >= 0.3 is 0 Å². The van der Waals surface area contributed by atoms with Crippen molar-refractivity contribution in [3.63, 3.8) is 0 Å². The third kappa shape index (κ3) is 3.90. The first kappa shape index (κ1) is 19.2. The van der Waals surface area contributed by atoms with Gasteiger partial charge in [-0.25, -0.2) is 9.13 Å². The molecule has 0 amide bonds. The van der Waals surface area contributed by atoms with Crippen LogP contribution in [0.25, 0.3) is 11.3 Å². The molecular weight excluding hydrogens is 364 g/mol. The molecule has 5 heteroatoms. The fourth-order valence-corrected chi connectivity index (χ4v) is 4.08. The van der Waals surface area contributed by atoms with Crippen molar-refractivity contribution < 1.29 is 18.8 Å². The summed E-state index contributed by atoms with van der Waals surface area (Å²) in [5, 5.41) is 0. The van der Waals surface area contributed by atoms with Crippen molar-refractivity contribution in [2.24, 2.45) is 0 Å². The highest BCUT2D eigenvalue weighted by atomic mass is 16.5. The Balaban J connectivity index is 1.75. The molecule has 0 radical (unpaired) electrons. The van der Waals surface area contributed by atoms with Gasteiger partial charge in [-0.1, -0.05) is 30.3 Å². The van der Waals surface area contributed by atoms with Crippen molar-refractivity contribution >= 4 is 5.78 Å². The molecule has 1 aliphatic rings. The van der Waals surface area contributed by atoms with Gasteiger partial charge < -0.3 is 9.47 Å². The summed E-state index contributed by atoms with van der Waals surface area (Å²) < 4.78 is 15.4. The minimum absolute atomic E-state index is 0.132. The summed E-state index contributed by atoms with van der Waals surface area (Å²) >= 11 is 0. The predicted molar refractivity (Wildman–Crippen MR) is 111 cm³/mol. The number of fused-ring (bicyclic) bond motifs is 1. The number of ketones is 1. The second-order valence-corrected chi connectivity index (χ2v) is 7.38. The van der Waals surface area contributed by atoms with Crippen molar-refractivity contribution in [1.82, 2.24) is 4.57 Å². The lowest BCUT2D eigenvalue weighted by Crippen LogP contribution is -2.40. The highest BCUT2D eigenvalue weighted by Gasteiger charge is 2.27. The van der Waals surface area contributed by atoms with E-state index in [4.69, 9.17) is 9.47 Å². The molecule has 29 heavy (non-hydrogen) atoms. The minimum Gasteiger partial charge on any atom is -0.493 e. The van der Waals surface area contributed by atoms with Gasteiger partial charge in [-0.15, -0.1) is 0 Å². The lowest BCUT2D eigenvalue weighted by atomic mass is 10.1. The Kier molecular flexibility index (Phi) is 5.65. The zero-order chi connectivity index (χ0) is 20.2. The lowest BCUT2D eigenvalue weighted by Gasteiger charge is -2.09. The van der Waals surface area contributed by atoms with E-state index in [1.165, 1.54) is 12.2 Å². The van der Waals surface area contributed by atoms with Gasteiger partial charge in [0.1, 0.15) is 6.20 Å². The van der Waals surface area contributed by atoms with Gasteiger partial charge in [-0.2, -0.15) is 0 Å². The van der Waals surface area contributed by atoms with Gasteiger partial charge in [0.05, 0.1) is 20.8 Å². The first-order chi connectivity index (χ1) is 14.2. The van der Waals surface area contributed by atoms with E-state index in [9.17, 15) is 4.79 Å². The fraction of sp³-hybridized carbons (Fsp3) is 0.333. The first-order valence-corrected chi connectivity index (χ1v) is 10.1. The molecule has 0 atom stereocenters. The highest BCUT2D eigenvalue weighted by Crippen LogP contribution is 2.33. The molecule has 0 bridgehead atoms. The normalized spacial score (nSPS) is 13.4. The molecule has 0 N–H and O–H groups in total. The van der Waals surface area contributed by atoms with Crippen molar-refractivity contribution in [1.29, 1.82) is 0 Å². The summed E-state index contributed by atoms with van der Waals surface area (Å²) in [5.74, 6) is 2.77. The summed E-state index contributed by atoms with van der Waals surface area (Å²) in [5.41, 5.74) is 2.93. The Labute approximate surface area is 171 Å². The van der Waals surface area contributed by atoms with Gasteiger partial charge in [0.25, 0.3) is 5.82 Å². The number of hydrogen-bond donors (Lipinski definition) is 0. The maximum atomic E-state index is 12.8. The average Bonchev–Trinajstić information content (AvgIpc) is 2.93. The van der Waals surface area contributed by atoms with Crippen molar-refractivity contribution in [2.75, 3.05) is 14.2 Å². The van der Waals surface area contributed by atoms with Crippen LogP contribution in [-0.2, 0) is 19.5 Å². The number of methoxy groups -OCH3 is 2. The second kappa shape index (κ2) is 8.52. The largest absolute Gasteiger partial charge is 0.493 e. The number of rotatable bonds is 6. The van der Waals surface area contributed by atoms with Crippen molar-refractivity contribution in [3.05, 3.63) is 66.1 Å². The Morgan fingerprint density at radius 1 is 1.00 bits per heavy atom. The van der Waals surface area contributed by atoms with Crippen LogP contribution in [0.4, 0.5) is 0 Å². The summed E-state index contributed by atoms with van der Waals surface area (Å²) in [6.45, 7) is 1.32. The molecule has 3 aromatic rings. The molecule has 2 heterocycles. The molecule has 1 aliphatic heterocycles. The molecular formula is C24H27N2O3+. The summed E-state index contributed by atoms with van der Waals surface area (Å²) in [7, 11) is 3.29. The average molecular weight is 391 g/mol. The summed E-state index contributed by atoms with van der Waals surface area (Å²) in [6.07, 6.45) is 6.60. The summed E-state index contributed by atoms with van der Waals surface area (Å²) in [6, 6.07) is 15.5. The highest BCUT2D eigenvalue weighted by molar-refractivity contribution is 5.95. The van der Waals surface area contributed by atoms with E-state index in [0.29, 0.717) is 18.0 Å². The van der Waals surface area contributed by atoms with Crippen LogP contribution in [0.5, 0.6) is 11.5 Å². The van der Waals surface area contributed by atoms with E-state index in [2.05, 4.69) is 21.4 Å². The van der Waals surface area contributed by atoms with Crippen LogP contribution in [0, 0.1) is 0 Å². The van der Waals surface area contributed by atoms with E-state index in [1.54, 1.807) is 14.2 Å². The van der Waals surface area contributed by atoms with Crippen molar-refractivity contribution in [3.8, 4) is 22.8 Å². The van der Waals surface area contributed by atoms with E-state index in [1.807, 2.05) is 42.5 Å². The number of nitrogens with zero attached hydrogens (tertiary/aromatic N) is 2. The number of aromatic nitrogens is 2. The van der Waals surface area contributed by atoms with Crippen LogP contribution in [0.3, 0.4) is 0 Å². The van der Waals surface area contributed by atoms with Gasteiger partial charge in [0.2, 0.25) is 5.78 Å². The predicted octanol–water partition coefficient (Wildman–Crippen LogP) is 4.07. The fourth-order valence-electron chi connectivity index (χ4n) is 4.08. The number of benzene rings is 2. The third-order valence-corrected chi connectivity index (χ3v) is 5.58. The van der Waals surface area contributed by atoms with Crippen LogP contribution in [-0.4, -0.2) is 24.6 Å². The number of Topliss-reactive ketones (excluding diaryl/α,β-unsaturated/α-hetero) is 1. The van der Waals surface area contributed by atoms with E-state index >= 15 is 0 Å². The van der Waals surface area contributed by atoms with Gasteiger partial charge in [-0.05, 0) is 37.5 Å². The van der Waals surface area contributed by atoms with Crippen LogP contribution in [0.1, 0.15) is 35.4 Å². The van der Waals surface area contributed by atoms with Crippen LogP contribution in [0.2, 0.25) is 0 Å². The SMILES string of the molecule is COc1ccc(-c2c[n+](CC(=O)c3ccccc3)c3n2CCCCC3)cc1OC. The van der Waals surface area contributed by atoms with E-state index in [-0.39, 0.29) is 5.78 Å². The Morgan fingerprint density at radius 3 is 2.55 bits per heavy atom. The van der Waals surface area contributed by atoms with Crippen LogP contribution >= 0.6 is 0 Å². The molecule has 0 unspecified atom stereocenters. The van der Waals surface area contributed by atoms with Gasteiger partial charge in [-0.3, -0.25) is 4.79 Å². The molecule has 0 aliphatic carbocycles. The molecule has 0 fully saturated rings. The standard InChI is InChI=1S/C24H27N2O3/c1-28-22-13-12-19(15-23(22)29-2)20-16-25(24-11-7-4-8-14-26(20)24)17-21(27)18-9-5-3-6-10-18/h3,5-6,9-10,12-13,15-16H,4,7-8,11,14,17H2,1-2H3/q+1. The number of imidazole rings is 1. The molecule has 0 saturated heterocycles. The molecule has 5 nitrogen and oxygen atoms in total. The Morgan fingerprint density at radius 2 is 1.79 bits per heavy atom. The topological polar surface area (TPSA) is 44.3 Å². The zero-order valence-corrected chi connectivity index (χ0v) is 17.1. The van der Waals surface area contributed by atoms with E-state index in [0.717, 1.165) is 42.6 Å². The number of carbonyl (C=O) groups excluding carboxylic acids is 1. The Hall–Kier alpha value is -3.08. The smallest absolute Gasteiger partial charge is 0.257 e. The summed E-state index contributed by atoms with van der Waals surface area (Å²) in [4.78, 5) is 12.8. The van der Waals surface area contributed by atoms with Crippen LogP contribution in [0.15, 0.2) is 54.7 Å². The maximum absolute atomic E-state index is 12.8. The first-order valence-electron chi connectivity index (χ1n) is 10.1. The zero-order valence-electron chi connectivity index (χ0n) is 17.1. The molecule has 150 valence electrons. The second-order valence-electron chi connectivity index (χ2n) is 7.38. The minimum atomic E-state index is 0.132. The molecule has 4 rings (SSSR count). The Bertz CT molecular complexity index is 1010. The van der Waals surface area contributed by atoms with Crippen molar-refractivity contribution in [2.45, 2.75) is 38.8 Å². The maximum Gasteiger partial charge on any atom is 0.257 e. The number of ether oxygens (including phenoxy) is 2.